The summed E-state index contributed by atoms with van der Waals surface area (Å²) in [4.78, 5) is 0. The van der Waals surface area contributed by atoms with Crippen LogP contribution >= 0.6 is 0 Å². The Hall–Kier alpha value is -0.480. The third-order valence-electron chi connectivity index (χ3n) is 2.85. The Morgan fingerprint density at radius 1 is 1.13 bits per heavy atom. The van der Waals surface area contributed by atoms with E-state index in [9.17, 15) is 0 Å². The Labute approximate surface area is 94.6 Å². The first-order valence-electron chi connectivity index (χ1n) is 6.53. The van der Waals surface area contributed by atoms with E-state index in [2.05, 4.69) is 18.8 Å². The Morgan fingerprint density at radius 2 is 2.07 bits per heavy atom. The van der Waals surface area contributed by atoms with E-state index in [1.54, 1.807) is 0 Å². The van der Waals surface area contributed by atoms with Crippen LogP contribution in [0.25, 0.3) is 0 Å². The molecule has 0 heterocycles. The summed E-state index contributed by atoms with van der Waals surface area (Å²) in [5, 5.41) is 0. The van der Waals surface area contributed by atoms with Gasteiger partial charge in [-0.1, -0.05) is 38.5 Å². The Bertz CT molecular complexity index is 199. The highest BCUT2D eigenvalue weighted by Gasteiger charge is 2.06. The Kier molecular flexibility index (Phi) is 7.38. The molecule has 0 fully saturated rings. The average molecular weight is 208 g/mol. The normalized spacial score (nSPS) is 21.3. The lowest BCUT2D eigenvalue weighted by molar-refractivity contribution is 0.0801. The van der Waals surface area contributed by atoms with Crippen molar-refractivity contribution in [2.24, 2.45) is 0 Å². The van der Waals surface area contributed by atoms with Crippen LogP contribution in [0.4, 0.5) is 0 Å². The molecule has 1 unspecified atom stereocenters. The highest BCUT2D eigenvalue weighted by atomic mass is 16.5. The molecule has 86 valence electrons. The zero-order chi connectivity index (χ0) is 10.8. The second-order valence-corrected chi connectivity index (χ2v) is 4.34. The maximum absolute atomic E-state index is 5.79. The number of unbranched alkanes of at least 4 members (excludes halogenated alkanes) is 3. The fraction of sp³-hybridized carbons (Fsp3) is 0.857. The van der Waals surface area contributed by atoms with Crippen LogP contribution in [-0.4, -0.2) is 12.7 Å². The molecule has 0 aromatic heterocycles. The summed E-state index contributed by atoms with van der Waals surface area (Å²) in [6.45, 7) is 3.14. The molecule has 1 aliphatic rings. The average Bonchev–Trinajstić information content (AvgIpc) is 2.20. The van der Waals surface area contributed by atoms with Crippen molar-refractivity contribution in [1.82, 2.24) is 0 Å². The molecule has 0 N–H and O–H groups in total. The van der Waals surface area contributed by atoms with Gasteiger partial charge < -0.3 is 4.74 Å². The van der Waals surface area contributed by atoms with Crippen molar-refractivity contribution in [3.63, 3.8) is 0 Å². The topological polar surface area (TPSA) is 9.23 Å². The van der Waals surface area contributed by atoms with Gasteiger partial charge in [0.05, 0.1) is 0 Å². The zero-order valence-electron chi connectivity index (χ0n) is 10.1. The molecule has 0 saturated heterocycles. The molecule has 15 heavy (non-hydrogen) atoms. The van der Waals surface area contributed by atoms with Crippen molar-refractivity contribution >= 4 is 0 Å². The smallest absolute Gasteiger partial charge is 0.118 e. The van der Waals surface area contributed by atoms with E-state index in [0.29, 0.717) is 0 Å². The van der Waals surface area contributed by atoms with E-state index in [1.807, 2.05) is 0 Å². The second-order valence-electron chi connectivity index (χ2n) is 4.34. The molecule has 1 rings (SSSR count). The molecule has 0 radical (unpaired) electrons. The van der Waals surface area contributed by atoms with Crippen LogP contribution in [-0.2, 0) is 4.74 Å². The van der Waals surface area contributed by atoms with Crippen molar-refractivity contribution < 1.29 is 4.74 Å². The van der Waals surface area contributed by atoms with E-state index in [4.69, 9.17) is 4.74 Å². The molecule has 0 aromatic rings. The van der Waals surface area contributed by atoms with Gasteiger partial charge in [0.25, 0.3) is 0 Å². The van der Waals surface area contributed by atoms with Crippen molar-refractivity contribution in [3.05, 3.63) is 0 Å². The summed E-state index contributed by atoms with van der Waals surface area (Å²) >= 11 is 0. The van der Waals surface area contributed by atoms with Crippen LogP contribution in [0.2, 0.25) is 0 Å². The number of ether oxygens (including phenoxy) is 1. The van der Waals surface area contributed by atoms with Gasteiger partial charge in [-0.2, -0.15) is 0 Å². The SMILES string of the molecule is CCCCCCOC1C#CCCCCC1. The van der Waals surface area contributed by atoms with Crippen molar-refractivity contribution in [3.8, 4) is 11.8 Å². The molecule has 0 spiro atoms. The van der Waals surface area contributed by atoms with Crippen LogP contribution in [0.3, 0.4) is 0 Å². The molecule has 1 aliphatic carbocycles. The molecule has 0 aromatic carbocycles. The number of hydrogen-bond donors (Lipinski definition) is 0. The molecule has 1 nitrogen and oxygen atoms in total. The number of rotatable bonds is 6. The second kappa shape index (κ2) is 8.80. The lowest BCUT2D eigenvalue weighted by Crippen LogP contribution is -2.12. The third-order valence-corrected chi connectivity index (χ3v) is 2.85. The molecule has 0 amide bonds. The highest BCUT2D eigenvalue weighted by molar-refractivity contribution is 5.05. The van der Waals surface area contributed by atoms with Gasteiger partial charge in [0, 0.05) is 13.0 Å². The molecular weight excluding hydrogens is 184 g/mol. The molecule has 1 atom stereocenters. The minimum absolute atomic E-state index is 0.229. The molecule has 0 bridgehead atoms. The first-order chi connectivity index (χ1) is 7.43. The first kappa shape index (κ1) is 12.6. The van der Waals surface area contributed by atoms with Gasteiger partial charge in [0.1, 0.15) is 6.10 Å². The Morgan fingerprint density at radius 3 is 2.93 bits per heavy atom. The minimum Gasteiger partial charge on any atom is -0.366 e. The first-order valence-corrected chi connectivity index (χ1v) is 6.53. The summed E-state index contributed by atoms with van der Waals surface area (Å²) < 4.78 is 5.79. The lowest BCUT2D eigenvalue weighted by Gasteiger charge is -2.13. The monoisotopic (exact) mass is 208 g/mol. The predicted octanol–water partition coefficient (Wildman–Crippen LogP) is 3.92. The van der Waals surface area contributed by atoms with Gasteiger partial charge in [-0.25, -0.2) is 0 Å². The lowest BCUT2D eigenvalue weighted by atomic mass is 10.1. The molecule has 1 heteroatoms. The van der Waals surface area contributed by atoms with Crippen molar-refractivity contribution in [1.29, 1.82) is 0 Å². The summed E-state index contributed by atoms with van der Waals surface area (Å²) in [6.07, 6.45) is 11.4. The van der Waals surface area contributed by atoms with Gasteiger partial charge in [-0.05, 0) is 25.7 Å². The summed E-state index contributed by atoms with van der Waals surface area (Å²) in [6, 6.07) is 0. The van der Waals surface area contributed by atoms with Gasteiger partial charge >= 0.3 is 0 Å². The summed E-state index contributed by atoms with van der Waals surface area (Å²) in [5.41, 5.74) is 0. The molecule has 0 aliphatic heterocycles. The maximum atomic E-state index is 5.79. The van der Waals surface area contributed by atoms with Crippen LogP contribution < -0.4 is 0 Å². The van der Waals surface area contributed by atoms with Gasteiger partial charge in [-0.15, -0.1) is 5.92 Å². The van der Waals surface area contributed by atoms with Crippen LogP contribution in [0.15, 0.2) is 0 Å². The largest absolute Gasteiger partial charge is 0.366 e. The standard InChI is InChI=1S/C14H24O/c1-2-3-4-10-13-15-14-11-8-6-5-7-9-12-14/h14H,2-8,10-11,13H2,1H3. The fourth-order valence-corrected chi connectivity index (χ4v) is 1.86. The predicted molar refractivity (Wildman–Crippen MR) is 64.7 cm³/mol. The molecular formula is C14H24O. The van der Waals surface area contributed by atoms with Crippen molar-refractivity contribution in [2.75, 3.05) is 6.61 Å². The summed E-state index contributed by atoms with van der Waals surface area (Å²) in [5.74, 6) is 6.45. The van der Waals surface area contributed by atoms with Crippen LogP contribution in [0, 0.1) is 11.8 Å². The minimum atomic E-state index is 0.229. The number of hydrogen-bond acceptors (Lipinski definition) is 1. The van der Waals surface area contributed by atoms with Crippen LogP contribution in [0.5, 0.6) is 0 Å². The molecule has 0 saturated carbocycles. The van der Waals surface area contributed by atoms with Gasteiger partial charge in [0.15, 0.2) is 0 Å². The van der Waals surface area contributed by atoms with Crippen LogP contribution in [0.1, 0.15) is 64.7 Å². The van der Waals surface area contributed by atoms with Gasteiger partial charge in [-0.3, -0.25) is 0 Å². The fourth-order valence-electron chi connectivity index (χ4n) is 1.86. The summed E-state index contributed by atoms with van der Waals surface area (Å²) in [7, 11) is 0. The maximum Gasteiger partial charge on any atom is 0.118 e. The van der Waals surface area contributed by atoms with E-state index in [0.717, 1.165) is 19.4 Å². The van der Waals surface area contributed by atoms with E-state index < -0.39 is 0 Å². The van der Waals surface area contributed by atoms with E-state index >= 15 is 0 Å². The zero-order valence-corrected chi connectivity index (χ0v) is 10.1. The van der Waals surface area contributed by atoms with E-state index in [-0.39, 0.29) is 6.10 Å². The van der Waals surface area contributed by atoms with E-state index in [1.165, 1.54) is 44.9 Å². The Balaban J connectivity index is 2.07. The van der Waals surface area contributed by atoms with Crippen molar-refractivity contribution in [2.45, 2.75) is 70.8 Å². The quantitative estimate of drug-likeness (QED) is 0.475. The third kappa shape index (κ3) is 6.57. The highest BCUT2D eigenvalue weighted by Crippen LogP contribution is 2.11. The van der Waals surface area contributed by atoms with Gasteiger partial charge in [0.2, 0.25) is 0 Å².